The van der Waals surface area contributed by atoms with Crippen LogP contribution in [0.1, 0.15) is 30.1 Å². The third-order valence-corrected chi connectivity index (χ3v) is 2.68. The maximum Gasteiger partial charge on any atom is 0.115 e. The quantitative estimate of drug-likeness (QED) is 0.668. The number of rotatable bonds is 1. The van der Waals surface area contributed by atoms with Crippen molar-refractivity contribution in [1.82, 2.24) is 9.97 Å². The first kappa shape index (κ1) is 8.63. The highest BCUT2D eigenvalue weighted by atomic mass is 14.9. The molecule has 0 aromatic carbocycles. The molecule has 0 spiro atoms. The average Bonchev–Trinajstić information content (AvgIpc) is 2.19. The first-order valence-electron chi connectivity index (χ1n) is 4.96. The summed E-state index contributed by atoms with van der Waals surface area (Å²) in [5, 5.41) is 2.38. The van der Waals surface area contributed by atoms with Crippen LogP contribution in [-0.2, 0) is 0 Å². The number of quaternary nitrogens is 1. The van der Waals surface area contributed by atoms with Crippen LogP contribution < -0.4 is 5.32 Å². The van der Waals surface area contributed by atoms with E-state index in [1.165, 1.54) is 31.6 Å². The van der Waals surface area contributed by atoms with Crippen molar-refractivity contribution in [1.29, 1.82) is 0 Å². The van der Waals surface area contributed by atoms with Gasteiger partial charge >= 0.3 is 0 Å². The molecule has 3 heteroatoms. The molecule has 13 heavy (non-hydrogen) atoms. The van der Waals surface area contributed by atoms with Gasteiger partial charge in [-0.25, -0.2) is 9.97 Å². The molecule has 1 aromatic heterocycles. The van der Waals surface area contributed by atoms with Gasteiger partial charge < -0.3 is 5.32 Å². The van der Waals surface area contributed by atoms with Gasteiger partial charge in [0.25, 0.3) is 0 Å². The van der Waals surface area contributed by atoms with Crippen molar-refractivity contribution in [3.8, 4) is 0 Å². The average molecular weight is 178 g/mol. The van der Waals surface area contributed by atoms with E-state index in [1.807, 2.05) is 6.92 Å². The molecule has 1 aromatic rings. The molecule has 0 unspecified atom stereocenters. The maximum atomic E-state index is 4.34. The van der Waals surface area contributed by atoms with Gasteiger partial charge in [-0.05, 0) is 13.0 Å². The number of piperidine rings is 1. The van der Waals surface area contributed by atoms with Gasteiger partial charge in [-0.2, -0.15) is 0 Å². The third-order valence-electron chi connectivity index (χ3n) is 2.68. The first-order valence-corrected chi connectivity index (χ1v) is 4.96. The Balaban J connectivity index is 2.14. The highest BCUT2D eigenvalue weighted by molar-refractivity contribution is 5.11. The van der Waals surface area contributed by atoms with Crippen LogP contribution in [-0.4, -0.2) is 23.1 Å². The van der Waals surface area contributed by atoms with Crippen LogP contribution in [0.3, 0.4) is 0 Å². The first-order chi connectivity index (χ1) is 6.36. The Labute approximate surface area is 78.6 Å². The molecule has 2 heterocycles. The molecule has 1 fully saturated rings. The van der Waals surface area contributed by atoms with Crippen molar-refractivity contribution < 1.29 is 5.32 Å². The highest BCUT2D eigenvalue weighted by Crippen LogP contribution is 2.21. The number of aromatic nitrogens is 2. The summed E-state index contributed by atoms with van der Waals surface area (Å²) in [5.74, 6) is 0.673. The number of nitrogens with zero attached hydrogens (tertiary/aromatic N) is 2. The van der Waals surface area contributed by atoms with E-state index in [0.29, 0.717) is 5.92 Å². The SMILES string of the molecule is Cc1cc(C2CC[NH2+]CC2)ncn1. The topological polar surface area (TPSA) is 42.4 Å². The van der Waals surface area contributed by atoms with Gasteiger partial charge in [-0.1, -0.05) is 0 Å². The molecule has 0 atom stereocenters. The fourth-order valence-electron chi connectivity index (χ4n) is 1.92. The summed E-state index contributed by atoms with van der Waals surface area (Å²) in [4.78, 5) is 8.45. The van der Waals surface area contributed by atoms with Crippen molar-refractivity contribution >= 4 is 0 Å². The van der Waals surface area contributed by atoms with E-state index >= 15 is 0 Å². The van der Waals surface area contributed by atoms with Gasteiger partial charge in [-0.3, -0.25) is 0 Å². The smallest absolute Gasteiger partial charge is 0.115 e. The predicted octanol–water partition coefficient (Wildman–Crippen LogP) is 0.226. The second-order valence-corrected chi connectivity index (χ2v) is 3.72. The van der Waals surface area contributed by atoms with Gasteiger partial charge in [0.15, 0.2) is 0 Å². The highest BCUT2D eigenvalue weighted by Gasteiger charge is 2.18. The fraction of sp³-hybridized carbons (Fsp3) is 0.600. The number of nitrogens with two attached hydrogens (primary N) is 1. The summed E-state index contributed by atoms with van der Waals surface area (Å²) in [6.45, 7) is 4.52. The zero-order chi connectivity index (χ0) is 9.10. The van der Waals surface area contributed by atoms with Gasteiger partial charge in [0, 0.05) is 30.1 Å². The van der Waals surface area contributed by atoms with Crippen LogP contribution in [0.5, 0.6) is 0 Å². The lowest BCUT2D eigenvalue weighted by atomic mass is 9.94. The van der Waals surface area contributed by atoms with Gasteiger partial charge in [0.1, 0.15) is 6.33 Å². The molecular formula is C10H16N3+. The molecule has 2 rings (SSSR count). The molecule has 70 valence electrons. The Morgan fingerprint density at radius 1 is 1.31 bits per heavy atom. The van der Waals surface area contributed by atoms with Crippen LogP contribution in [0.25, 0.3) is 0 Å². The number of hydrogen-bond acceptors (Lipinski definition) is 2. The summed E-state index contributed by atoms with van der Waals surface area (Å²) >= 11 is 0. The van der Waals surface area contributed by atoms with Crippen LogP contribution in [0, 0.1) is 6.92 Å². The van der Waals surface area contributed by atoms with E-state index in [9.17, 15) is 0 Å². The minimum atomic E-state index is 0.673. The van der Waals surface area contributed by atoms with Crippen LogP contribution in [0.15, 0.2) is 12.4 Å². The fourth-order valence-corrected chi connectivity index (χ4v) is 1.92. The molecule has 1 aliphatic heterocycles. The largest absolute Gasteiger partial charge is 0.346 e. The monoisotopic (exact) mass is 178 g/mol. The summed E-state index contributed by atoms with van der Waals surface area (Å²) in [7, 11) is 0. The lowest BCUT2D eigenvalue weighted by molar-refractivity contribution is -0.663. The lowest BCUT2D eigenvalue weighted by Crippen LogP contribution is -2.86. The van der Waals surface area contributed by atoms with Crippen molar-refractivity contribution in [3.63, 3.8) is 0 Å². The summed E-state index contributed by atoms with van der Waals surface area (Å²) in [6.07, 6.45) is 4.20. The molecule has 0 amide bonds. The molecule has 1 aliphatic rings. The van der Waals surface area contributed by atoms with Crippen LogP contribution in [0.4, 0.5) is 0 Å². The van der Waals surface area contributed by atoms with E-state index in [2.05, 4.69) is 21.4 Å². The van der Waals surface area contributed by atoms with Crippen molar-refractivity contribution in [3.05, 3.63) is 23.8 Å². The number of hydrogen-bond donors (Lipinski definition) is 1. The summed E-state index contributed by atoms with van der Waals surface area (Å²) in [6, 6.07) is 2.12. The Kier molecular flexibility index (Phi) is 2.54. The molecular weight excluding hydrogens is 162 g/mol. The Morgan fingerprint density at radius 3 is 2.77 bits per heavy atom. The van der Waals surface area contributed by atoms with E-state index in [1.54, 1.807) is 6.33 Å². The van der Waals surface area contributed by atoms with Crippen molar-refractivity contribution in [2.75, 3.05) is 13.1 Å². The van der Waals surface area contributed by atoms with E-state index in [4.69, 9.17) is 0 Å². The molecule has 0 saturated carbocycles. The number of aryl methyl sites for hydroxylation is 1. The van der Waals surface area contributed by atoms with Gasteiger partial charge in [-0.15, -0.1) is 0 Å². The molecule has 0 bridgehead atoms. The molecule has 1 saturated heterocycles. The second kappa shape index (κ2) is 3.83. The predicted molar refractivity (Wildman–Crippen MR) is 50.4 cm³/mol. The van der Waals surface area contributed by atoms with Crippen molar-refractivity contribution in [2.24, 2.45) is 0 Å². The molecule has 3 nitrogen and oxygen atoms in total. The molecule has 2 N–H and O–H groups in total. The van der Waals surface area contributed by atoms with Crippen LogP contribution in [0.2, 0.25) is 0 Å². The minimum Gasteiger partial charge on any atom is -0.346 e. The summed E-state index contributed by atoms with van der Waals surface area (Å²) in [5.41, 5.74) is 2.32. The molecule has 0 radical (unpaired) electrons. The van der Waals surface area contributed by atoms with Crippen molar-refractivity contribution in [2.45, 2.75) is 25.7 Å². The van der Waals surface area contributed by atoms with E-state index < -0.39 is 0 Å². The van der Waals surface area contributed by atoms with E-state index in [-0.39, 0.29) is 0 Å². The Morgan fingerprint density at radius 2 is 2.08 bits per heavy atom. The van der Waals surface area contributed by atoms with Crippen LogP contribution >= 0.6 is 0 Å². The zero-order valence-electron chi connectivity index (χ0n) is 8.03. The standard InChI is InChI=1S/C10H15N3/c1-8-6-10(13-7-12-8)9-2-4-11-5-3-9/h6-7,9,11H,2-5H2,1H3/p+1. The van der Waals surface area contributed by atoms with Gasteiger partial charge in [0.2, 0.25) is 0 Å². The van der Waals surface area contributed by atoms with E-state index in [0.717, 1.165) is 5.69 Å². The molecule has 0 aliphatic carbocycles. The third kappa shape index (κ3) is 2.04. The Hall–Kier alpha value is -0.960. The second-order valence-electron chi connectivity index (χ2n) is 3.72. The van der Waals surface area contributed by atoms with Gasteiger partial charge in [0.05, 0.1) is 13.1 Å². The normalized spacial score (nSPS) is 18.8. The zero-order valence-corrected chi connectivity index (χ0v) is 8.03. The maximum absolute atomic E-state index is 4.34. The summed E-state index contributed by atoms with van der Waals surface area (Å²) < 4.78 is 0. The Bertz CT molecular complexity index is 279. The minimum absolute atomic E-state index is 0.673. The lowest BCUT2D eigenvalue weighted by Gasteiger charge is -2.19.